The molecule has 0 bridgehead atoms. The van der Waals surface area contributed by atoms with Crippen LogP contribution < -0.4 is 5.73 Å². The lowest BCUT2D eigenvalue weighted by Crippen LogP contribution is -2.15. The summed E-state index contributed by atoms with van der Waals surface area (Å²) in [6.07, 6.45) is 0. The average molecular weight is 312 g/mol. The summed E-state index contributed by atoms with van der Waals surface area (Å²) < 4.78 is 28.1. The maximum absolute atomic E-state index is 13.7. The van der Waals surface area contributed by atoms with Gasteiger partial charge in [-0.15, -0.1) is 0 Å². The number of aryl methyl sites for hydroxylation is 1. The molecule has 0 aromatic heterocycles. The third-order valence-electron chi connectivity index (χ3n) is 2.78. The molecule has 94 valence electrons. The first kappa shape index (κ1) is 13.2. The van der Waals surface area contributed by atoms with Crippen LogP contribution in [0.5, 0.6) is 0 Å². The predicted molar refractivity (Wildman–Crippen MR) is 71.3 cm³/mol. The molecule has 0 saturated carbocycles. The number of nitrogens with two attached hydrogens (primary N) is 1. The van der Waals surface area contributed by atoms with E-state index in [0.29, 0.717) is 10.0 Å². The van der Waals surface area contributed by atoms with Gasteiger partial charge in [-0.05, 0) is 31.2 Å². The number of rotatable bonds is 2. The molecule has 1 unspecified atom stereocenters. The third-order valence-corrected chi connectivity index (χ3v) is 3.27. The fourth-order valence-electron chi connectivity index (χ4n) is 1.82. The highest BCUT2D eigenvalue weighted by atomic mass is 79.9. The van der Waals surface area contributed by atoms with Gasteiger partial charge < -0.3 is 5.73 Å². The van der Waals surface area contributed by atoms with Crippen LogP contribution in [0.4, 0.5) is 8.78 Å². The van der Waals surface area contributed by atoms with Crippen molar-refractivity contribution in [2.24, 2.45) is 5.73 Å². The number of halogens is 3. The Kier molecular flexibility index (Phi) is 3.78. The van der Waals surface area contributed by atoms with Crippen LogP contribution >= 0.6 is 15.9 Å². The van der Waals surface area contributed by atoms with Gasteiger partial charge in [0.25, 0.3) is 0 Å². The maximum Gasteiger partial charge on any atom is 0.128 e. The lowest BCUT2D eigenvalue weighted by atomic mass is 9.97. The molecule has 0 aliphatic rings. The normalized spacial score (nSPS) is 12.5. The van der Waals surface area contributed by atoms with Crippen LogP contribution in [0.15, 0.2) is 40.9 Å². The summed E-state index contributed by atoms with van der Waals surface area (Å²) in [4.78, 5) is 0. The number of hydrogen-bond donors (Lipinski definition) is 1. The van der Waals surface area contributed by atoms with Crippen molar-refractivity contribution in [3.63, 3.8) is 0 Å². The average Bonchev–Trinajstić information content (AvgIpc) is 2.34. The molecule has 0 spiro atoms. The topological polar surface area (TPSA) is 26.0 Å². The Morgan fingerprint density at radius 2 is 1.56 bits per heavy atom. The van der Waals surface area contributed by atoms with Crippen LogP contribution in [0, 0.1) is 18.6 Å². The van der Waals surface area contributed by atoms with Crippen molar-refractivity contribution in [1.29, 1.82) is 0 Å². The Morgan fingerprint density at radius 1 is 1.00 bits per heavy atom. The van der Waals surface area contributed by atoms with E-state index >= 15 is 0 Å². The van der Waals surface area contributed by atoms with E-state index in [1.165, 1.54) is 12.1 Å². The monoisotopic (exact) mass is 311 g/mol. The van der Waals surface area contributed by atoms with Crippen molar-refractivity contribution in [3.05, 3.63) is 69.2 Å². The molecule has 1 atom stereocenters. The Balaban J connectivity index is 2.50. The maximum atomic E-state index is 13.7. The SMILES string of the molecule is Cc1ccc(F)c(C(N)c2cc(Br)ccc2F)c1. The van der Waals surface area contributed by atoms with Crippen molar-refractivity contribution in [2.75, 3.05) is 0 Å². The largest absolute Gasteiger partial charge is 0.320 e. The molecular formula is C14H12BrF2N. The van der Waals surface area contributed by atoms with Crippen molar-refractivity contribution in [2.45, 2.75) is 13.0 Å². The highest BCUT2D eigenvalue weighted by molar-refractivity contribution is 9.10. The van der Waals surface area contributed by atoms with Crippen molar-refractivity contribution < 1.29 is 8.78 Å². The van der Waals surface area contributed by atoms with Gasteiger partial charge in [0.15, 0.2) is 0 Å². The van der Waals surface area contributed by atoms with Gasteiger partial charge in [0, 0.05) is 15.6 Å². The highest BCUT2D eigenvalue weighted by Gasteiger charge is 2.17. The van der Waals surface area contributed by atoms with E-state index in [0.717, 1.165) is 5.56 Å². The van der Waals surface area contributed by atoms with Gasteiger partial charge in [-0.1, -0.05) is 33.6 Å². The van der Waals surface area contributed by atoms with Crippen molar-refractivity contribution in [1.82, 2.24) is 0 Å². The highest BCUT2D eigenvalue weighted by Crippen LogP contribution is 2.27. The van der Waals surface area contributed by atoms with Crippen LogP contribution in [0.2, 0.25) is 0 Å². The first-order chi connectivity index (χ1) is 8.49. The van der Waals surface area contributed by atoms with Crippen LogP contribution in [-0.2, 0) is 0 Å². The van der Waals surface area contributed by atoms with Gasteiger partial charge in [0.05, 0.1) is 6.04 Å². The lowest BCUT2D eigenvalue weighted by Gasteiger charge is -2.15. The minimum atomic E-state index is -0.817. The van der Waals surface area contributed by atoms with E-state index in [4.69, 9.17) is 5.73 Å². The van der Waals surface area contributed by atoms with E-state index < -0.39 is 17.7 Å². The number of hydrogen-bond acceptors (Lipinski definition) is 1. The Hall–Kier alpha value is -1.26. The molecule has 4 heteroatoms. The summed E-state index contributed by atoms with van der Waals surface area (Å²) >= 11 is 3.25. The molecule has 0 heterocycles. The van der Waals surface area contributed by atoms with E-state index in [1.54, 1.807) is 24.3 Å². The minimum Gasteiger partial charge on any atom is -0.320 e. The van der Waals surface area contributed by atoms with Crippen LogP contribution in [0.3, 0.4) is 0 Å². The third kappa shape index (κ3) is 2.60. The zero-order chi connectivity index (χ0) is 13.3. The second-order valence-electron chi connectivity index (χ2n) is 4.17. The standard InChI is InChI=1S/C14H12BrF2N/c1-8-2-4-12(16)10(6-8)14(18)11-7-9(15)3-5-13(11)17/h2-7,14H,18H2,1H3. The summed E-state index contributed by atoms with van der Waals surface area (Å²) in [5.41, 5.74) is 7.41. The van der Waals surface area contributed by atoms with Crippen molar-refractivity contribution in [3.8, 4) is 0 Å². The predicted octanol–water partition coefficient (Wildman–Crippen LogP) is 4.08. The molecule has 0 amide bonds. The van der Waals surface area contributed by atoms with E-state index in [1.807, 2.05) is 6.92 Å². The lowest BCUT2D eigenvalue weighted by molar-refractivity contribution is 0.575. The molecule has 2 aromatic rings. The second kappa shape index (κ2) is 5.16. The molecule has 0 saturated heterocycles. The molecule has 0 fully saturated rings. The first-order valence-corrected chi connectivity index (χ1v) is 6.25. The second-order valence-corrected chi connectivity index (χ2v) is 5.08. The zero-order valence-corrected chi connectivity index (χ0v) is 11.3. The van der Waals surface area contributed by atoms with Gasteiger partial charge >= 0.3 is 0 Å². The summed E-state index contributed by atoms with van der Waals surface area (Å²) in [6.45, 7) is 1.84. The summed E-state index contributed by atoms with van der Waals surface area (Å²) in [5, 5.41) is 0. The molecule has 2 rings (SSSR count). The summed E-state index contributed by atoms with van der Waals surface area (Å²) in [6, 6.07) is 8.29. The van der Waals surface area contributed by atoms with E-state index in [-0.39, 0.29) is 5.56 Å². The molecule has 2 aromatic carbocycles. The quantitative estimate of drug-likeness (QED) is 0.888. The molecule has 0 aliphatic carbocycles. The van der Waals surface area contributed by atoms with Crippen LogP contribution in [0.25, 0.3) is 0 Å². The summed E-state index contributed by atoms with van der Waals surface area (Å²) in [5.74, 6) is -0.862. The van der Waals surface area contributed by atoms with Gasteiger partial charge in [0.1, 0.15) is 11.6 Å². The van der Waals surface area contributed by atoms with Gasteiger partial charge in [-0.25, -0.2) is 8.78 Å². The molecule has 0 aliphatic heterocycles. The van der Waals surface area contributed by atoms with Gasteiger partial charge in [0.2, 0.25) is 0 Å². The van der Waals surface area contributed by atoms with Gasteiger partial charge in [-0.2, -0.15) is 0 Å². The molecule has 1 nitrogen and oxygen atoms in total. The fourth-order valence-corrected chi connectivity index (χ4v) is 2.20. The number of benzene rings is 2. The fraction of sp³-hybridized carbons (Fsp3) is 0.143. The molecular weight excluding hydrogens is 300 g/mol. The van der Waals surface area contributed by atoms with Crippen LogP contribution in [0.1, 0.15) is 22.7 Å². The van der Waals surface area contributed by atoms with E-state index in [9.17, 15) is 8.78 Å². The Morgan fingerprint density at radius 3 is 2.22 bits per heavy atom. The van der Waals surface area contributed by atoms with Gasteiger partial charge in [-0.3, -0.25) is 0 Å². The van der Waals surface area contributed by atoms with Crippen molar-refractivity contribution >= 4 is 15.9 Å². The van der Waals surface area contributed by atoms with E-state index in [2.05, 4.69) is 15.9 Å². The summed E-state index contributed by atoms with van der Waals surface area (Å²) in [7, 11) is 0. The first-order valence-electron chi connectivity index (χ1n) is 5.45. The smallest absolute Gasteiger partial charge is 0.128 e. The zero-order valence-electron chi connectivity index (χ0n) is 9.75. The molecule has 2 N–H and O–H groups in total. The Labute approximate surface area is 113 Å². The van der Waals surface area contributed by atoms with Crippen LogP contribution in [-0.4, -0.2) is 0 Å². The Bertz CT molecular complexity index is 533. The molecule has 18 heavy (non-hydrogen) atoms. The molecule has 0 radical (unpaired) electrons. The minimum absolute atomic E-state index is 0.272.